The Labute approximate surface area is 85.3 Å². The third kappa shape index (κ3) is 1.68. The Balaban J connectivity index is 2.31. The Kier molecular flexibility index (Phi) is 2.33. The molecule has 2 rings (SSSR count). The van der Waals surface area contributed by atoms with Crippen LogP contribution in [0.4, 0.5) is 0 Å². The van der Waals surface area contributed by atoms with Crippen molar-refractivity contribution < 1.29 is 0 Å². The van der Waals surface area contributed by atoms with Crippen molar-refractivity contribution in [1.82, 2.24) is 0 Å². The zero-order valence-corrected chi connectivity index (χ0v) is 8.72. The Morgan fingerprint density at radius 1 is 1.36 bits per heavy atom. The summed E-state index contributed by atoms with van der Waals surface area (Å²) in [6.07, 6.45) is 3.02. The fourth-order valence-corrected chi connectivity index (χ4v) is 2.19. The molecule has 0 aromatic heterocycles. The summed E-state index contributed by atoms with van der Waals surface area (Å²) in [5.74, 6) is 0. The molecule has 0 fully saturated rings. The fraction of sp³-hybridized carbons (Fsp3) is 0.500. The van der Waals surface area contributed by atoms with E-state index in [2.05, 4.69) is 25.1 Å². The number of aryl methyl sites for hydroxylation is 2. The summed E-state index contributed by atoms with van der Waals surface area (Å²) in [5.41, 5.74) is 15.9. The first kappa shape index (κ1) is 9.69. The predicted molar refractivity (Wildman–Crippen MR) is 59.2 cm³/mol. The van der Waals surface area contributed by atoms with Gasteiger partial charge in [-0.2, -0.15) is 0 Å². The Morgan fingerprint density at radius 2 is 2.14 bits per heavy atom. The van der Waals surface area contributed by atoms with Gasteiger partial charge in [-0.25, -0.2) is 0 Å². The third-order valence-electron chi connectivity index (χ3n) is 3.20. The van der Waals surface area contributed by atoms with Crippen molar-refractivity contribution in [3.63, 3.8) is 0 Å². The minimum atomic E-state index is -0.164. The minimum absolute atomic E-state index is 0.164. The molecular formula is C12H18N2. The largest absolute Gasteiger partial charge is 0.329 e. The molecule has 0 saturated heterocycles. The topological polar surface area (TPSA) is 52.0 Å². The highest BCUT2D eigenvalue weighted by Crippen LogP contribution is 2.27. The Morgan fingerprint density at radius 3 is 2.86 bits per heavy atom. The molecule has 0 spiro atoms. The number of fused-ring (bicyclic) bond motifs is 1. The van der Waals surface area contributed by atoms with Crippen molar-refractivity contribution in [3.05, 3.63) is 34.9 Å². The first-order chi connectivity index (χ1) is 6.63. The van der Waals surface area contributed by atoms with Crippen LogP contribution in [0.3, 0.4) is 0 Å². The zero-order chi connectivity index (χ0) is 10.2. The van der Waals surface area contributed by atoms with E-state index in [1.807, 2.05) is 0 Å². The smallest absolute Gasteiger partial charge is 0.0322 e. The summed E-state index contributed by atoms with van der Waals surface area (Å²) in [4.78, 5) is 0. The van der Waals surface area contributed by atoms with Crippen molar-refractivity contribution in [2.75, 3.05) is 6.54 Å². The average Bonchev–Trinajstić information content (AvgIpc) is 2.19. The summed E-state index contributed by atoms with van der Waals surface area (Å²) in [6, 6.07) is 6.62. The third-order valence-corrected chi connectivity index (χ3v) is 3.20. The zero-order valence-electron chi connectivity index (χ0n) is 8.72. The molecule has 1 aromatic carbocycles. The van der Waals surface area contributed by atoms with Gasteiger partial charge in [-0.15, -0.1) is 0 Å². The molecule has 1 aliphatic carbocycles. The highest BCUT2D eigenvalue weighted by atomic mass is 14.8. The lowest BCUT2D eigenvalue weighted by molar-refractivity contribution is 0.382. The van der Waals surface area contributed by atoms with E-state index in [0.717, 1.165) is 19.3 Å². The molecule has 0 aliphatic heterocycles. The van der Waals surface area contributed by atoms with Crippen molar-refractivity contribution in [2.24, 2.45) is 11.5 Å². The normalized spacial score (nSPS) is 25.9. The molecule has 0 radical (unpaired) electrons. The number of rotatable bonds is 1. The van der Waals surface area contributed by atoms with Crippen LogP contribution in [0.1, 0.15) is 23.1 Å². The van der Waals surface area contributed by atoms with E-state index in [1.165, 1.54) is 16.7 Å². The second-order valence-electron chi connectivity index (χ2n) is 4.52. The molecule has 4 N–H and O–H groups in total. The van der Waals surface area contributed by atoms with Gasteiger partial charge in [0.1, 0.15) is 0 Å². The van der Waals surface area contributed by atoms with Crippen molar-refractivity contribution in [1.29, 1.82) is 0 Å². The first-order valence-corrected chi connectivity index (χ1v) is 5.20. The second-order valence-corrected chi connectivity index (χ2v) is 4.52. The maximum absolute atomic E-state index is 6.19. The Bertz CT molecular complexity index is 346. The predicted octanol–water partition coefficient (Wildman–Crippen LogP) is 1.14. The van der Waals surface area contributed by atoms with Crippen LogP contribution in [0.2, 0.25) is 0 Å². The number of nitrogens with two attached hydrogens (primary N) is 2. The molecular weight excluding hydrogens is 172 g/mol. The number of hydrogen-bond donors (Lipinski definition) is 2. The molecule has 0 amide bonds. The van der Waals surface area contributed by atoms with Gasteiger partial charge in [0, 0.05) is 12.1 Å². The number of benzene rings is 1. The summed E-state index contributed by atoms with van der Waals surface area (Å²) in [7, 11) is 0. The van der Waals surface area contributed by atoms with Gasteiger partial charge in [0.25, 0.3) is 0 Å². The molecule has 0 saturated carbocycles. The van der Waals surface area contributed by atoms with Gasteiger partial charge in [-0.05, 0) is 37.3 Å². The second kappa shape index (κ2) is 3.37. The first-order valence-electron chi connectivity index (χ1n) is 5.20. The van der Waals surface area contributed by atoms with Crippen LogP contribution in [-0.4, -0.2) is 12.1 Å². The van der Waals surface area contributed by atoms with Crippen LogP contribution in [0.5, 0.6) is 0 Å². The highest BCUT2D eigenvalue weighted by Gasteiger charge is 2.28. The SMILES string of the molecule is Cc1ccc2c(c1)CCC(N)(CN)C2. The van der Waals surface area contributed by atoms with Crippen molar-refractivity contribution in [2.45, 2.75) is 31.7 Å². The lowest BCUT2D eigenvalue weighted by Crippen LogP contribution is -2.51. The molecule has 2 heteroatoms. The lowest BCUT2D eigenvalue weighted by atomic mass is 9.78. The van der Waals surface area contributed by atoms with Gasteiger partial charge in [0.2, 0.25) is 0 Å². The van der Waals surface area contributed by atoms with Crippen LogP contribution >= 0.6 is 0 Å². The van der Waals surface area contributed by atoms with E-state index in [9.17, 15) is 0 Å². The van der Waals surface area contributed by atoms with E-state index in [0.29, 0.717) is 6.54 Å². The summed E-state index contributed by atoms with van der Waals surface area (Å²) < 4.78 is 0. The quantitative estimate of drug-likeness (QED) is 0.697. The van der Waals surface area contributed by atoms with Crippen molar-refractivity contribution in [3.8, 4) is 0 Å². The maximum Gasteiger partial charge on any atom is 0.0322 e. The van der Waals surface area contributed by atoms with Gasteiger partial charge in [-0.3, -0.25) is 0 Å². The van der Waals surface area contributed by atoms with E-state index in [1.54, 1.807) is 0 Å². The molecule has 0 heterocycles. The van der Waals surface area contributed by atoms with E-state index in [4.69, 9.17) is 11.5 Å². The van der Waals surface area contributed by atoms with Gasteiger partial charge in [0.15, 0.2) is 0 Å². The minimum Gasteiger partial charge on any atom is -0.329 e. The van der Waals surface area contributed by atoms with Gasteiger partial charge < -0.3 is 11.5 Å². The lowest BCUT2D eigenvalue weighted by Gasteiger charge is -2.33. The number of hydrogen-bond acceptors (Lipinski definition) is 2. The molecule has 0 bridgehead atoms. The van der Waals surface area contributed by atoms with Crippen LogP contribution in [0.25, 0.3) is 0 Å². The highest BCUT2D eigenvalue weighted by molar-refractivity contribution is 5.35. The summed E-state index contributed by atoms with van der Waals surface area (Å²) >= 11 is 0. The molecule has 1 aliphatic rings. The monoisotopic (exact) mass is 190 g/mol. The standard InChI is InChI=1S/C12H18N2/c1-9-2-3-11-7-12(14,8-13)5-4-10(11)6-9/h2-3,6H,4-5,7-8,13-14H2,1H3. The molecule has 1 aromatic rings. The van der Waals surface area contributed by atoms with Crippen LogP contribution < -0.4 is 11.5 Å². The van der Waals surface area contributed by atoms with E-state index < -0.39 is 0 Å². The summed E-state index contributed by atoms with van der Waals surface area (Å²) in [5, 5.41) is 0. The molecule has 14 heavy (non-hydrogen) atoms. The fourth-order valence-electron chi connectivity index (χ4n) is 2.19. The maximum atomic E-state index is 6.19. The van der Waals surface area contributed by atoms with Crippen LogP contribution in [0, 0.1) is 6.92 Å². The van der Waals surface area contributed by atoms with Crippen LogP contribution in [-0.2, 0) is 12.8 Å². The van der Waals surface area contributed by atoms with E-state index >= 15 is 0 Å². The van der Waals surface area contributed by atoms with Gasteiger partial charge >= 0.3 is 0 Å². The van der Waals surface area contributed by atoms with Gasteiger partial charge in [0.05, 0.1) is 0 Å². The molecule has 1 unspecified atom stereocenters. The Hall–Kier alpha value is -0.860. The molecule has 2 nitrogen and oxygen atoms in total. The van der Waals surface area contributed by atoms with Crippen LogP contribution in [0.15, 0.2) is 18.2 Å². The van der Waals surface area contributed by atoms with E-state index in [-0.39, 0.29) is 5.54 Å². The molecule has 1 atom stereocenters. The summed E-state index contributed by atoms with van der Waals surface area (Å²) in [6.45, 7) is 2.72. The van der Waals surface area contributed by atoms with Gasteiger partial charge in [-0.1, -0.05) is 23.8 Å². The van der Waals surface area contributed by atoms with Crippen molar-refractivity contribution >= 4 is 0 Å². The average molecular weight is 190 g/mol. The molecule has 76 valence electrons.